The van der Waals surface area contributed by atoms with Crippen molar-refractivity contribution in [2.75, 3.05) is 4.90 Å². The highest BCUT2D eigenvalue weighted by Gasteiger charge is 2.36. The Kier molecular flexibility index (Phi) is 5.75. The van der Waals surface area contributed by atoms with Gasteiger partial charge in [-0.25, -0.2) is 8.42 Å². The van der Waals surface area contributed by atoms with Gasteiger partial charge in [0.25, 0.3) is 0 Å². The van der Waals surface area contributed by atoms with E-state index in [-0.39, 0.29) is 9.80 Å². The third-order valence-corrected chi connectivity index (χ3v) is 7.69. The third kappa shape index (κ3) is 4.24. The van der Waals surface area contributed by atoms with Crippen LogP contribution in [-0.2, 0) is 9.84 Å². The minimum atomic E-state index is -4.00. The summed E-state index contributed by atoms with van der Waals surface area (Å²) in [6.07, 6.45) is 1.42. The summed E-state index contributed by atoms with van der Waals surface area (Å²) in [5.74, 6) is 0.843. The molecular formula is C29H23NO4S. The van der Waals surface area contributed by atoms with Gasteiger partial charge in [-0.1, -0.05) is 54.1 Å². The van der Waals surface area contributed by atoms with Crippen molar-refractivity contribution < 1.29 is 17.9 Å². The van der Waals surface area contributed by atoms with E-state index in [2.05, 4.69) is 0 Å². The van der Waals surface area contributed by atoms with Gasteiger partial charge >= 0.3 is 0 Å². The number of carbonyl (C=O) groups excluding carboxylic acids is 1. The van der Waals surface area contributed by atoms with Crippen molar-refractivity contribution in [3.05, 3.63) is 125 Å². The number of para-hydroxylation sites is 2. The van der Waals surface area contributed by atoms with Crippen LogP contribution >= 0.6 is 0 Å². The molecule has 0 spiro atoms. The lowest BCUT2D eigenvalue weighted by Crippen LogP contribution is -2.26. The molecule has 0 aliphatic carbocycles. The average Bonchev–Trinajstić information content (AvgIpc) is 2.85. The average molecular weight is 482 g/mol. The molecule has 0 saturated carbocycles. The van der Waals surface area contributed by atoms with Crippen LogP contribution in [-0.4, -0.2) is 14.2 Å². The number of ether oxygens (including phenoxy) is 1. The van der Waals surface area contributed by atoms with Crippen LogP contribution in [0.5, 0.6) is 11.5 Å². The summed E-state index contributed by atoms with van der Waals surface area (Å²) in [5, 5.41) is 0. The Balaban J connectivity index is 1.57. The molecule has 5 nitrogen and oxygen atoms in total. The summed E-state index contributed by atoms with van der Waals surface area (Å²) >= 11 is 0. The largest absolute Gasteiger partial charge is 0.457 e. The highest BCUT2D eigenvalue weighted by molar-refractivity contribution is 7.96. The lowest BCUT2D eigenvalue weighted by atomic mass is 10.0. The van der Waals surface area contributed by atoms with Gasteiger partial charge < -0.3 is 9.64 Å². The fraction of sp³-hybridized carbons (Fsp3) is 0.0690. The summed E-state index contributed by atoms with van der Waals surface area (Å²) < 4.78 is 32.9. The summed E-state index contributed by atoms with van der Waals surface area (Å²) in [6, 6.07) is 28.8. The molecule has 6 heteroatoms. The number of ketones is 1. The van der Waals surface area contributed by atoms with Gasteiger partial charge in [-0.2, -0.15) is 0 Å². The van der Waals surface area contributed by atoms with E-state index in [1.54, 1.807) is 29.2 Å². The Morgan fingerprint density at radius 3 is 2.14 bits per heavy atom. The number of nitrogens with zero attached hydrogens (tertiary/aromatic N) is 1. The fourth-order valence-corrected chi connectivity index (χ4v) is 5.69. The predicted octanol–water partition coefficient (Wildman–Crippen LogP) is 6.75. The smallest absolute Gasteiger partial charge is 0.214 e. The number of rotatable bonds is 5. The summed E-state index contributed by atoms with van der Waals surface area (Å²) in [5.41, 5.74) is 3.31. The Labute approximate surface area is 204 Å². The number of aryl methyl sites for hydroxylation is 2. The van der Waals surface area contributed by atoms with Gasteiger partial charge in [0.2, 0.25) is 15.6 Å². The van der Waals surface area contributed by atoms with E-state index < -0.39 is 15.6 Å². The lowest BCUT2D eigenvalue weighted by molar-refractivity contribution is 0.104. The maximum absolute atomic E-state index is 13.5. The highest BCUT2D eigenvalue weighted by Crippen LogP contribution is 2.41. The number of hydrogen-bond acceptors (Lipinski definition) is 5. The van der Waals surface area contributed by atoms with Crippen LogP contribution in [0.1, 0.15) is 21.5 Å². The van der Waals surface area contributed by atoms with Crippen molar-refractivity contribution in [2.45, 2.75) is 18.7 Å². The highest BCUT2D eigenvalue weighted by atomic mass is 32.2. The van der Waals surface area contributed by atoms with E-state index in [1.165, 1.54) is 12.3 Å². The summed E-state index contributed by atoms with van der Waals surface area (Å²) in [7, 11) is -4.00. The van der Waals surface area contributed by atoms with Gasteiger partial charge in [0.15, 0.2) is 0 Å². The Hall–Kier alpha value is -4.16. The van der Waals surface area contributed by atoms with Gasteiger partial charge in [0.1, 0.15) is 16.4 Å². The first-order valence-electron chi connectivity index (χ1n) is 11.1. The molecule has 5 rings (SSSR count). The number of Topliss-reactive ketones (excluding diaryl/α,β-unsaturated/α-hetero) is 1. The molecule has 4 aromatic carbocycles. The van der Waals surface area contributed by atoms with E-state index in [9.17, 15) is 13.2 Å². The molecule has 0 saturated heterocycles. The monoisotopic (exact) mass is 481 g/mol. The standard InChI is InChI=1S/C29H23NO4S/c1-20-12-17-25(21(2)18-20)29(31)28-19-30(26-10-6-7-11-27(26)35(28,32)33)22-13-15-24(16-14-22)34-23-8-4-3-5-9-23/h3-19H,1-2H3. The first-order chi connectivity index (χ1) is 16.8. The van der Waals surface area contributed by atoms with E-state index in [0.717, 1.165) is 16.9 Å². The van der Waals surface area contributed by atoms with Crippen LogP contribution in [0.4, 0.5) is 11.4 Å². The summed E-state index contributed by atoms with van der Waals surface area (Å²) in [6.45, 7) is 3.74. The van der Waals surface area contributed by atoms with Gasteiger partial charge in [0.05, 0.1) is 10.6 Å². The zero-order chi connectivity index (χ0) is 24.6. The Morgan fingerprint density at radius 1 is 0.771 bits per heavy atom. The quantitative estimate of drug-likeness (QED) is 0.295. The maximum Gasteiger partial charge on any atom is 0.214 e. The lowest BCUT2D eigenvalue weighted by Gasteiger charge is -2.29. The molecular weight excluding hydrogens is 458 g/mol. The second-order valence-corrected chi connectivity index (χ2v) is 10.3. The van der Waals surface area contributed by atoms with Crippen molar-refractivity contribution in [3.8, 4) is 11.5 Å². The van der Waals surface area contributed by atoms with Crippen LogP contribution in [0.3, 0.4) is 0 Å². The number of fused-ring (bicyclic) bond motifs is 1. The van der Waals surface area contributed by atoms with Gasteiger partial charge in [-0.3, -0.25) is 4.79 Å². The number of sulfone groups is 1. The zero-order valence-corrected chi connectivity index (χ0v) is 20.1. The van der Waals surface area contributed by atoms with Gasteiger partial charge in [0, 0.05) is 17.5 Å². The Morgan fingerprint density at radius 2 is 1.43 bits per heavy atom. The molecule has 4 aromatic rings. The number of anilines is 2. The Bertz CT molecular complexity index is 1560. The zero-order valence-electron chi connectivity index (χ0n) is 19.3. The molecule has 0 amide bonds. The third-order valence-electron chi connectivity index (χ3n) is 5.89. The van der Waals surface area contributed by atoms with Crippen molar-refractivity contribution in [1.82, 2.24) is 0 Å². The normalized spacial score (nSPS) is 14.1. The minimum Gasteiger partial charge on any atom is -0.457 e. The topological polar surface area (TPSA) is 63.7 Å². The second-order valence-electron chi connectivity index (χ2n) is 8.39. The number of benzene rings is 4. The molecule has 1 aliphatic rings. The minimum absolute atomic E-state index is 0.0974. The molecule has 0 bridgehead atoms. The van der Waals surface area contributed by atoms with Crippen LogP contribution in [0.15, 0.2) is 113 Å². The van der Waals surface area contributed by atoms with E-state index in [0.29, 0.717) is 22.7 Å². The van der Waals surface area contributed by atoms with Crippen molar-refractivity contribution in [2.24, 2.45) is 0 Å². The first kappa shape index (κ1) is 22.6. The molecule has 0 radical (unpaired) electrons. The van der Waals surface area contributed by atoms with E-state index >= 15 is 0 Å². The first-order valence-corrected chi connectivity index (χ1v) is 12.6. The molecule has 0 atom stereocenters. The predicted molar refractivity (Wildman–Crippen MR) is 137 cm³/mol. The molecule has 0 N–H and O–H groups in total. The molecule has 35 heavy (non-hydrogen) atoms. The molecule has 0 aromatic heterocycles. The second kappa shape index (κ2) is 8.89. The van der Waals surface area contributed by atoms with Crippen LogP contribution in [0, 0.1) is 13.8 Å². The number of allylic oxidation sites excluding steroid dienone is 1. The van der Waals surface area contributed by atoms with Crippen molar-refractivity contribution >= 4 is 27.0 Å². The molecule has 1 aliphatic heterocycles. The SMILES string of the molecule is Cc1ccc(C(=O)C2=CN(c3ccc(Oc4ccccc4)cc3)c3ccccc3S2(=O)=O)c(C)c1. The molecule has 1 heterocycles. The number of hydrogen-bond donors (Lipinski definition) is 0. The number of carbonyl (C=O) groups is 1. The van der Waals surface area contributed by atoms with Crippen molar-refractivity contribution in [1.29, 1.82) is 0 Å². The van der Waals surface area contributed by atoms with Crippen molar-refractivity contribution in [3.63, 3.8) is 0 Å². The van der Waals surface area contributed by atoms with Crippen LogP contribution in [0.2, 0.25) is 0 Å². The van der Waals surface area contributed by atoms with E-state index in [1.807, 2.05) is 80.6 Å². The van der Waals surface area contributed by atoms with Crippen LogP contribution in [0.25, 0.3) is 0 Å². The van der Waals surface area contributed by atoms with Gasteiger partial charge in [-0.15, -0.1) is 0 Å². The maximum atomic E-state index is 13.5. The summed E-state index contributed by atoms with van der Waals surface area (Å²) in [4.78, 5) is 15.1. The molecule has 174 valence electrons. The van der Waals surface area contributed by atoms with E-state index in [4.69, 9.17) is 4.74 Å². The molecule has 0 fully saturated rings. The van der Waals surface area contributed by atoms with Gasteiger partial charge in [-0.05, 0) is 67.9 Å². The molecule has 0 unspecified atom stereocenters. The van der Waals surface area contributed by atoms with Crippen LogP contribution < -0.4 is 9.64 Å². The fourth-order valence-electron chi connectivity index (χ4n) is 4.15.